The standard InChI is InChI=1S/C12H19N3O2/c1-14-5-4-13-11(14)8-15-7-10(16)12(9-15)3-2-6-17-12/h4-5,10,16H,2-3,6-9H2,1H3/t10-,12-/m0/s1. The number of aliphatic hydroxyl groups is 1. The zero-order valence-electron chi connectivity index (χ0n) is 10.2. The Hall–Kier alpha value is -0.910. The van der Waals surface area contributed by atoms with Crippen molar-refractivity contribution < 1.29 is 9.84 Å². The Morgan fingerprint density at radius 2 is 2.53 bits per heavy atom. The summed E-state index contributed by atoms with van der Waals surface area (Å²) in [6.45, 7) is 3.08. The minimum Gasteiger partial charge on any atom is -0.389 e. The zero-order chi connectivity index (χ0) is 11.9. The summed E-state index contributed by atoms with van der Waals surface area (Å²) in [4.78, 5) is 6.55. The van der Waals surface area contributed by atoms with E-state index >= 15 is 0 Å². The van der Waals surface area contributed by atoms with Gasteiger partial charge < -0.3 is 14.4 Å². The average molecular weight is 237 g/mol. The maximum absolute atomic E-state index is 10.2. The van der Waals surface area contributed by atoms with Gasteiger partial charge in [-0.2, -0.15) is 0 Å². The maximum Gasteiger partial charge on any atom is 0.122 e. The van der Waals surface area contributed by atoms with E-state index in [-0.39, 0.29) is 11.7 Å². The summed E-state index contributed by atoms with van der Waals surface area (Å²) < 4.78 is 7.80. The van der Waals surface area contributed by atoms with Gasteiger partial charge in [-0.3, -0.25) is 4.90 Å². The van der Waals surface area contributed by atoms with Gasteiger partial charge in [0.25, 0.3) is 0 Å². The fourth-order valence-electron chi connectivity index (χ4n) is 2.94. The van der Waals surface area contributed by atoms with Crippen LogP contribution in [0.3, 0.4) is 0 Å². The van der Waals surface area contributed by atoms with E-state index in [1.165, 1.54) is 0 Å². The lowest BCUT2D eigenvalue weighted by Gasteiger charge is -2.25. The summed E-state index contributed by atoms with van der Waals surface area (Å²) in [6.07, 6.45) is 5.44. The largest absolute Gasteiger partial charge is 0.389 e. The van der Waals surface area contributed by atoms with Gasteiger partial charge in [-0.1, -0.05) is 0 Å². The minimum atomic E-state index is -0.356. The number of hydrogen-bond donors (Lipinski definition) is 1. The molecule has 1 spiro atoms. The number of β-amino-alcohol motifs (C(OH)–C–C–N with tert-alkyl or cyclic N) is 1. The monoisotopic (exact) mass is 237 g/mol. The number of aromatic nitrogens is 2. The molecule has 0 radical (unpaired) electrons. The Balaban J connectivity index is 1.69. The van der Waals surface area contributed by atoms with Gasteiger partial charge in [0.1, 0.15) is 11.4 Å². The highest BCUT2D eigenvalue weighted by Crippen LogP contribution is 2.35. The number of nitrogens with zero attached hydrogens (tertiary/aromatic N) is 3. The molecule has 2 saturated heterocycles. The van der Waals surface area contributed by atoms with Gasteiger partial charge in [-0.15, -0.1) is 0 Å². The van der Waals surface area contributed by atoms with E-state index in [0.29, 0.717) is 6.54 Å². The second kappa shape index (κ2) is 4.08. The first-order chi connectivity index (χ1) is 8.20. The highest BCUT2D eigenvalue weighted by molar-refractivity contribution is 5.03. The molecule has 0 aliphatic carbocycles. The van der Waals surface area contributed by atoms with Crippen molar-refractivity contribution in [2.75, 3.05) is 19.7 Å². The van der Waals surface area contributed by atoms with Crippen molar-refractivity contribution >= 4 is 0 Å². The quantitative estimate of drug-likeness (QED) is 0.795. The maximum atomic E-state index is 10.2. The number of aliphatic hydroxyl groups excluding tert-OH is 1. The van der Waals surface area contributed by atoms with Gasteiger partial charge >= 0.3 is 0 Å². The Morgan fingerprint density at radius 3 is 3.18 bits per heavy atom. The van der Waals surface area contributed by atoms with Gasteiger partial charge in [-0.05, 0) is 12.8 Å². The SMILES string of the molecule is Cn1ccnc1CN1C[C@H](O)[C@]2(CCCO2)C1. The number of ether oxygens (including phenoxy) is 1. The second-order valence-corrected chi connectivity index (χ2v) is 5.16. The average Bonchev–Trinajstić information content (AvgIpc) is 2.96. The van der Waals surface area contributed by atoms with Crippen LogP contribution in [0.4, 0.5) is 0 Å². The van der Waals surface area contributed by atoms with E-state index in [0.717, 1.165) is 38.4 Å². The van der Waals surface area contributed by atoms with Gasteiger partial charge in [0.05, 0.1) is 12.6 Å². The molecule has 0 unspecified atom stereocenters. The molecule has 3 heterocycles. The summed E-state index contributed by atoms with van der Waals surface area (Å²) in [6, 6.07) is 0. The van der Waals surface area contributed by atoms with E-state index < -0.39 is 0 Å². The molecule has 1 aromatic heterocycles. The zero-order valence-corrected chi connectivity index (χ0v) is 10.2. The fraction of sp³-hybridized carbons (Fsp3) is 0.750. The van der Waals surface area contributed by atoms with Gasteiger partial charge in [0.2, 0.25) is 0 Å². The van der Waals surface area contributed by atoms with Crippen LogP contribution in [0.1, 0.15) is 18.7 Å². The molecule has 5 nitrogen and oxygen atoms in total. The smallest absolute Gasteiger partial charge is 0.122 e. The number of hydrogen-bond acceptors (Lipinski definition) is 4. The van der Waals surface area contributed by atoms with Crippen molar-refractivity contribution in [2.45, 2.75) is 31.1 Å². The van der Waals surface area contributed by atoms with Crippen molar-refractivity contribution in [3.63, 3.8) is 0 Å². The molecule has 2 atom stereocenters. The lowest BCUT2D eigenvalue weighted by atomic mass is 9.97. The van der Waals surface area contributed by atoms with Crippen molar-refractivity contribution in [3.05, 3.63) is 18.2 Å². The van der Waals surface area contributed by atoms with Crippen LogP contribution >= 0.6 is 0 Å². The molecule has 1 aromatic rings. The highest BCUT2D eigenvalue weighted by atomic mass is 16.5. The summed E-state index contributed by atoms with van der Waals surface area (Å²) in [5, 5.41) is 10.2. The van der Waals surface area contributed by atoms with Crippen LogP contribution in [0.25, 0.3) is 0 Å². The molecular weight excluding hydrogens is 218 g/mol. The molecule has 2 aliphatic heterocycles. The summed E-state index contributed by atoms with van der Waals surface area (Å²) in [7, 11) is 2.00. The van der Waals surface area contributed by atoms with Crippen LogP contribution in [0.2, 0.25) is 0 Å². The molecule has 94 valence electrons. The highest BCUT2D eigenvalue weighted by Gasteiger charge is 2.48. The third kappa shape index (κ3) is 1.88. The molecule has 2 aliphatic rings. The molecule has 0 amide bonds. The summed E-state index contributed by atoms with van der Waals surface area (Å²) >= 11 is 0. The van der Waals surface area contributed by atoms with Crippen LogP contribution < -0.4 is 0 Å². The van der Waals surface area contributed by atoms with Crippen molar-refractivity contribution in [1.29, 1.82) is 0 Å². The van der Waals surface area contributed by atoms with E-state index in [4.69, 9.17) is 4.74 Å². The van der Waals surface area contributed by atoms with E-state index in [2.05, 4.69) is 9.88 Å². The second-order valence-electron chi connectivity index (χ2n) is 5.16. The van der Waals surface area contributed by atoms with Gasteiger partial charge in [0, 0.05) is 39.1 Å². The molecule has 17 heavy (non-hydrogen) atoms. The van der Waals surface area contributed by atoms with Crippen LogP contribution in [0.5, 0.6) is 0 Å². The first kappa shape index (κ1) is 11.2. The van der Waals surface area contributed by atoms with Crippen LogP contribution in [0.15, 0.2) is 12.4 Å². The molecular formula is C12H19N3O2. The normalized spacial score (nSPS) is 33.9. The molecule has 3 rings (SSSR count). The van der Waals surface area contributed by atoms with Gasteiger partial charge in [0.15, 0.2) is 0 Å². The topological polar surface area (TPSA) is 50.5 Å². The lowest BCUT2D eigenvalue weighted by Crippen LogP contribution is -2.40. The third-order valence-electron chi connectivity index (χ3n) is 3.95. The Morgan fingerprint density at radius 1 is 1.65 bits per heavy atom. The number of aryl methyl sites for hydroxylation is 1. The van der Waals surface area contributed by atoms with Crippen LogP contribution in [-0.2, 0) is 18.3 Å². The molecule has 0 saturated carbocycles. The molecule has 5 heteroatoms. The van der Waals surface area contributed by atoms with E-state index in [1.54, 1.807) is 0 Å². The van der Waals surface area contributed by atoms with E-state index in [1.807, 2.05) is 24.0 Å². The van der Waals surface area contributed by atoms with Crippen molar-refractivity contribution in [3.8, 4) is 0 Å². The Bertz CT molecular complexity index is 398. The summed E-state index contributed by atoms with van der Waals surface area (Å²) in [5.74, 6) is 1.03. The third-order valence-corrected chi connectivity index (χ3v) is 3.95. The number of imidazole rings is 1. The predicted molar refractivity (Wildman–Crippen MR) is 62.4 cm³/mol. The first-order valence-electron chi connectivity index (χ1n) is 6.20. The lowest BCUT2D eigenvalue weighted by molar-refractivity contribution is -0.0594. The van der Waals surface area contributed by atoms with Crippen molar-refractivity contribution in [2.24, 2.45) is 7.05 Å². The van der Waals surface area contributed by atoms with Crippen LogP contribution in [0, 0.1) is 0 Å². The minimum absolute atomic E-state index is 0.300. The van der Waals surface area contributed by atoms with Crippen LogP contribution in [-0.4, -0.2) is 51.0 Å². The fourth-order valence-corrected chi connectivity index (χ4v) is 2.94. The Kier molecular flexibility index (Phi) is 2.69. The van der Waals surface area contributed by atoms with E-state index in [9.17, 15) is 5.11 Å². The molecule has 0 aromatic carbocycles. The van der Waals surface area contributed by atoms with Gasteiger partial charge in [-0.25, -0.2) is 4.98 Å². The molecule has 1 N–H and O–H groups in total. The number of likely N-dealkylation sites (tertiary alicyclic amines) is 1. The first-order valence-corrected chi connectivity index (χ1v) is 6.20. The summed E-state index contributed by atoms with van der Waals surface area (Å²) in [5.41, 5.74) is -0.300. The molecule has 2 fully saturated rings. The Labute approximate surface area is 101 Å². The number of rotatable bonds is 2. The predicted octanol–water partition coefficient (Wildman–Crippen LogP) is 0.146. The molecule has 0 bridgehead atoms. The van der Waals surface area contributed by atoms with Crippen molar-refractivity contribution in [1.82, 2.24) is 14.5 Å².